The van der Waals surface area contributed by atoms with Crippen LogP contribution in [-0.2, 0) is 6.54 Å². The molecule has 0 fully saturated rings. The molecule has 0 aromatic heterocycles. The minimum Gasteiger partial charge on any atom is -0.496 e. The molecule has 0 atom stereocenters. The fraction of sp³-hybridized carbons (Fsp3) is 0.259. The van der Waals surface area contributed by atoms with Gasteiger partial charge in [-0.1, -0.05) is 6.07 Å². The second kappa shape index (κ2) is 12.5. The van der Waals surface area contributed by atoms with E-state index in [0.29, 0.717) is 25.3 Å². The van der Waals surface area contributed by atoms with Crippen molar-refractivity contribution in [3.63, 3.8) is 0 Å². The Labute approximate surface area is 228 Å². The summed E-state index contributed by atoms with van der Waals surface area (Å²) >= 11 is 0. The van der Waals surface area contributed by atoms with Gasteiger partial charge in [0.05, 0.1) is 12.7 Å². The first kappa shape index (κ1) is 28.4. The smallest absolute Gasteiger partial charge is 0.496 e. The van der Waals surface area contributed by atoms with Crippen LogP contribution in [0.3, 0.4) is 0 Å². The van der Waals surface area contributed by atoms with Crippen molar-refractivity contribution < 1.29 is 41.7 Å². The molecule has 0 unspecified atom stereocenters. The Morgan fingerprint density at radius 3 is 2.38 bits per heavy atom. The number of benzene rings is 3. The van der Waals surface area contributed by atoms with Gasteiger partial charge in [-0.2, -0.15) is 0 Å². The van der Waals surface area contributed by atoms with Crippen molar-refractivity contribution in [3.05, 3.63) is 71.8 Å². The van der Waals surface area contributed by atoms with Gasteiger partial charge in [0, 0.05) is 37.1 Å². The topological polar surface area (TPSA) is 110 Å². The highest BCUT2D eigenvalue weighted by Gasteiger charge is 2.31. The first-order valence-corrected chi connectivity index (χ1v) is 12.1. The summed E-state index contributed by atoms with van der Waals surface area (Å²) < 4.78 is 56.7. The van der Waals surface area contributed by atoms with E-state index in [0.717, 1.165) is 29.2 Å². The van der Waals surface area contributed by atoms with Gasteiger partial charge in [-0.3, -0.25) is 4.79 Å². The van der Waals surface area contributed by atoms with Crippen LogP contribution in [0.2, 0.25) is 0 Å². The van der Waals surface area contributed by atoms with Crippen LogP contribution in [0.25, 0.3) is 0 Å². The fourth-order valence-electron chi connectivity index (χ4n) is 3.88. The van der Waals surface area contributed by atoms with Crippen LogP contribution >= 0.6 is 0 Å². The van der Waals surface area contributed by atoms with E-state index < -0.39 is 18.1 Å². The third-order valence-corrected chi connectivity index (χ3v) is 5.72. The average molecular weight is 561 g/mol. The number of anilines is 2. The molecule has 212 valence electrons. The van der Waals surface area contributed by atoms with Crippen LogP contribution in [-0.4, -0.2) is 57.2 Å². The van der Waals surface area contributed by atoms with Crippen molar-refractivity contribution in [2.75, 3.05) is 44.7 Å². The molecule has 1 aliphatic rings. The number of nitrogens with zero attached hydrogens (tertiary/aromatic N) is 1. The van der Waals surface area contributed by atoms with Crippen molar-refractivity contribution >= 4 is 23.3 Å². The molecule has 1 aliphatic heterocycles. The number of urea groups is 1. The molecule has 0 saturated carbocycles. The molecule has 0 bridgehead atoms. The number of fused-ring (bicyclic) bond motifs is 1. The van der Waals surface area contributed by atoms with E-state index in [2.05, 4.69) is 25.6 Å². The molecule has 0 saturated heterocycles. The summed E-state index contributed by atoms with van der Waals surface area (Å²) in [7, 11) is 3.34. The Kier molecular flexibility index (Phi) is 8.84. The molecule has 0 radical (unpaired) electrons. The van der Waals surface area contributed by atoms with E-state index in [1.54, 1.807) is 0 Å². The molecule has 3 aromatic carbocycles. The molecule has 13 heteroatoms. The highest BCUT2D eigenvalue weighted by Crippen LogP contribution is 2.32. The molecular formula is C27H27F3N4O6. The van der Waals surface area contributed by atoms with Crippen molar-refractivity contribution in [2.45, 2.75) is 12.9 Å². The monoisotopic (exact) mass is 560 g/mol. The maximum atomic E-state index is 12.8. The normalized spacial score (nSPS) is 12.2. The summed E-state index contributed by atoms with van der Waals surface area (Å²) in [5.41, 5.74) is 1.93. The molecule has 0 spiro atoms. The quantitative estimate of drug-likeness (QED) is 0.326. The number of carbonyl (C=O) groups excluding carboxylic acids is 2. The molecule has 3 amide bonds. The standard InChI is InChI=1S/C27H27F3N4O6/c1-34(15-17-3-10-22-24(13-17)39-16-38-22)12-11-31-25(35)21-9-6-19(14-23(21)37-2)33-26(36)32-18-4-7-20(8-5-18)40-27(28,29)30/h3-10,13-14H,11-12,15-16H2,1-2H3,(H,31,35)(H2,32,33,36). The lowest BCUT2D eigenvalue weighted by atomic mass is 10.1. The first-order valence-electron chi connectivity index (χ1n) is 12.1. The molecule has 3 N–H and O–H groups in total. The van der Waals surface area contributed by atoms with Gasteiger partial charge in [0.1, 0.15) is 11.5 Å². The number of likely N-dealkylation sites (N-methyl/N-ethyl adjacent to an activating group) is 1. The zero-order valence-electron chi connectivity index (χ0n) is 21.6. The zero-order chi connectivity index (χ0) is 28.7. The predicted molar refractivity (Wildman–Crippen MR) is 140 cm³/mol. The van der Waals surface area contributed by atoms with Gasteiger partial charge in [0.25, 0.3) is 5.91 Å². The number of carbonyl (C=O) groups is 2. The van der Waals surface area contributed by atoms with Crippen LogP contribution in [0.1, 0.15) is 15.9 Å². The third-order valence-electron chi connectivity index (χ3n) is 5.72. The maximum absolute atomic E-state index is 12.8. The molecular weight excluding hydrogens is 533 g/mol. The van der Waals surface area contributed by atoms with Crippen molar-refractivity contribution in [3.8, 4) is 23.0 Å². The van der Waals surface area contributed by atoms with E-state index in [9.17, 15) is 22.8 Å². The average Bonchev–Trinajstić information content (AvgIpc) is 3.37. The molecule has 10 nitrogen and oxygen atoms in total. The van der Waals surface area contributed by atoms with Crippen LogP contribution < -0.4 is 34.9 Å². The number of rotatable bonds is 10. The van der Waals surface area contributed by atoms with Crippen molar-refractivity contribution in [1.82, 2.24) is 10.2 Å². The van der Waals surface area contributed by atoms with Gasteiger partial charge in [0.2, 0.25) is 6.79 Å². The summed E-state index contributed by atoms with van der Waals surface area (Å²) in [5, 5.41) is 7.94. The van der Waals surface area contributed by atoms with Gasteiger partial charge in [-0.15, -0.1) is 13.2 Å². The number of hydrogen-bond donors (Lipinski definition) is 3. The van der Waals surface area contributed by atoms with Crippen LogP contribution in [0.5, 0.6) is 23.0 Å². The first-order chi connectivity index (χ1) is 19.1. The van der Waals surface area contributed by atoms with Gasteiger partial charge in [0.15, 0.2) is 11.5 Å². The lowest BCUT2D eigenvalue weighted by molar-refractivity contribution is -0.274. The fourth-order valence-corrected chi connectivity index (χ4v) is 3.88. The van der Waals surface area contributed by atoms with E-state index in [1.807, 2.05) is 25.2 Å². The lowest BCUT2D eigenvalue weighted by Crippen LogP contribution is -2.33. The number of methoxy groups -OCH3 is 1. The Bertz CT molecular complexity index is 1350. The number of alkyl halides is 3. The summed E-state index contributed by atoms with van der Waals surface area (Å²) in [5.74, 6) is 0.939. The second-order valence-corrected chi connectivity index (χ2v) is 8.75. The Morgan fingerprint density at radius 2 is 1.65 bits per heavy atom. The molecule has 40 heavy (non-hydrogen) atoms. The van der Waals surface area contributed by atoms with Crippen LogP contribution in [0.4, 0.5) is 29.3 Å². The third kappa shape index (κ3) is 7.93. The summed E-state index contributed by atoms with van der Waals surface area (Å²) in [6.45, 7) is 1.85. The SMILES string of the molecule is COc1cc(NC(=O)Nc2ccc(OC(F)(F)F)cc2)ccc1C(=O)NCCN(C)Cc1ccc2c(c1)OCO2. The van der Waals surface area contributed by atoms with Crippen molar-refractivity contribution in [1.29, 1.82) is 0 Å². The number of halogens is 3. The van der Waals surface area contributed by atoms with Gasteiger partial charge in [-0.25, -0.2) is 4.79 Å². The van der Waals surface area contributed by atoms with E-state index in [-0.39, 0.29) is 29.7 Å². The molecule has 1 heterocycles. The Balaban J connectivity index is 1.25. The Morgan fingerprint density at radius 1 is 0.950 bits per heavy atom. The van der Waals surface area contributed by atoms with Crippen molar-refractivity contribution in [2.24, 2.45) is 0 Å². The lowest BCUT2D eigenvalue weighted by Gasteiger charge is -2.18. The number of hydrogen-bond acceptors (Lipinski definition) is 7. The van der Waals surface area contributed by atoms with E-state index in [4.69, 9.17) is 14.2 Å². The van der Waals surface area contributed by atoms with E-state index in [1.165, 1.54) is 37.4 Å². The van der Waals surface area contributed by atoms with Gasteiger partial charge < -0.3 is 39.8 Å². The molecule has 3 aromatic rings. The zero-order valence-corrected chi connectivity index (χ0v) is 21.6. The predicted octanol–water partition coefficient (Wildman–Crippen LogP) is 4.83. The minimum absolute atomic E-state index is 0.218. The maximum Gasteiger partial charge on any atom is 0.573 e. The summed E-state index contributed by atoms with van der Waals surface area (Å²) in [6, 6.07) is 14.3. The number of nitrogens with one attached hydrogen (secondary N) is 3. The van der Waals surface area contributed by atoms with Crippen LogP contribution in [0, 0.1) is 0 Å². The van der Waals surface area contributed by atoms with Crippen LogP contribution in [0.15, 0.2) is 60.7 Å². The summed E-state index contributed by atoms with van der Waals surface area (Å²) in [4.78, 5) is 27.1. The largest absolute Gasteiger partial charge is 0.573 e. The molecule has 4 rings (SSSR count). The van der Waals surface area contributed by atoms with Gasteiger partial charge >= 0.3 is 12.4 Å². The van der Waals surface area contributed by atoms with E-state index >= 15 is 0 Å². The second-order valence-electron chi connectivity index (χ2n) is 8.75. The highest BCUT2D eigenvalue weighted by molar-refractivity contribution is 6.01. The number of ether oxygens (including phenoxy) is 4. The Hall–Kier alpha value is -4.65. The minimum atomic E-state index is -4.81. The number of amides is 3. The molecule has 0 aliphatic carbocycles. The highest BCUT2D eigenvalue weighted by atomic mass is 19.4. The summed E-state index contributed by atoms with van der Waals surface area (Å²) in [6.07, 6.45) is -4.81. The van der Waals surface area contributed by atoms with Gasteiger partial charge in [-0.05, 0) is 61.1 Å².